The molecule has 0 amide bonds. The predicted octanol–water partition coefficient (Wildman–Crippen LogP) is 1.15. The third-order valence-corrected chi connectivity index (χ3v) is 2.02. The van der Waals surface area contributed by atoms with Gasteiger partial charge in [-0.25, -0.2) is 5.01 Å². The molecular weight excluding hydrogens is 124 g/mol. The van der Waals surface area contributed by atoms with Gasteiger partial charge in [-0.2, -0.15) is 0 Å². The molecule has 0 saturated carbocycles. The molecule has 0 unspecified atom stereocenters. The number of nitrogens with two attached hydrogens (primary N) is 1. The van der Waals surface area contributed by atoms with Crippen molar-refractivity contribution in [1.82, 2.24) is 5.01 Å². The molecule has 0 atom stereocenters. The molecule has 1 aliphatic heterocycles. The normalized spacial score (nSPS) is 21.4. The maximum atomic E-state index is 5.59. The highest BCUT2D eigenvalue weighted by Crippen LogP contribution is 2.16. The molecule has 0 aliphatic carbocycles. The van der Waals surface area contributed by atoms with Crippen LogP contribution in [0.15, 0.2) is 11.6 Å². The van der Waals surface area contributed by atoms with E-state index in [0.29, 0.717) is 5.92 Å². The lowest BCUT2D eigenvalue weighted by Crippen LogP contribution is -2.35. The van der Waals surface area contributed by atoms with Crippen molar-refractivity contribution in [2.24, 2.45) is 11.8 Å². The van der Waals surface area contributed by atoms with Crippen LogP contribution in [0.2, 0.25) is 0 Å². The van der Waals surface area contributed by atoms with E-state index in [1.807, 2.05) is 5.01 Å². The van der Waals surface area contributed by atoms with Gasteiger partial charge >= 0.3 is 0 Å². The fourth-order valence-corrected chi connectivity index (χ4v) is 1.22. The Labute approximate surface area is 62.7 Å². The Balaban J connectivity index is 2.48. The first kappa shape index (κ1) is 7.76. The quantitative estimate of drug-likeness (QED) is 0.437. The predicted molar refractivity (Wildman–Crippen MR) is 43.3 cm³/mol. The van der Waals surface area contributed by atoms with E-state index in [0.717, 1.165) is 19.5 Å². The lowest BCUT2D eigenvalue weighted by molar-refractivity contribution is 0.299. The minimum atomic E-state index is 0.702. The highest BCUT2D eigenvalue weighted by Gasteiger charge is 2.09. The summed E-state index contributed by atoms with van der Waals surface area (Å²) in [5.41, 5.74) is 1.56. The van der Waals surface area contributed by atoms with E-state index in [4.69, 9.17) is 5.84 Å². The van der Waals surface area contributed by atoms with E-state index in [1.165, 1.54) is 0 Å². The topological polar surface area (TPSA) is 29.3 Å². The first-order chi connectivity index (χ1) is 4.70. The summed E-state index contributed by atoms with van der Waals surface area (Å²) in [5.74, 6) is 6.29. The van der Waals surface area contributed by atoms with E-state index >= 15 is 0 Å². The second-order valence-corrected chi connectivity index (χ2v) is 3.18. The van der Waals surface area contributed by atoms with Crippen molar-refractivity contribution in [3.63, 3.8) is 0 Å². The zero-order valence-electron chi connectivity index (χ0n) is 6.80. The van der Waals surface area contributed by atoms with Crippen molar-refractivity contribution in [2.75, 3.05) is 13.1 Å². The van der Waals surface area contributed by atoms with E-state index in [2.05, 4.69) is 19.9 Å². The molecule has 2 nitrogen and oxygen atoms in total. The van der Waals surface area contributed by atoms with Crippen LogP contribution in [0.4, 0.5) is 0 Å². The van der Waals surface area contributed by atoms with Crippen molar-refractivity contribution in [2.45, 2.75) is 20.3 Å². The average Bonchev–Trinajstić information content (AvgIpc) is 1.88. The Hall–Kier alpha value is -0.340. The maximum Gasteiger partial charge on any atom is 0.0312 e. The van der Waals surface area contributed by atoms with Crippen LogP contribution < -0.4 is 5.84 Å². The summed E-state index contributed by atoms with van der Waals surface area (Å²) in [4.78, 5) is 0. The van der Waals surface area contributed by atoms with Gasteiger partial charge in [-0.1, -0.05) is 25.5 Å². The molecule has 0 fully saturated rings. The molecule has 1 heterocycles. The Morgan fingerprint density at radius 2 is 2.30 bits per heavy atom. The van der Waals surface area contributed by atoms with Crippen molar-refractivity contribution in [1.29, 1.82) is 0 Å². The molecular formula is C8H16N2. The molecule has 0 radical (unpaired) electrons. The van der Waals surface area contributed by atoms with E-state index in [9.17, 15) is 0 Å². The summed E-state index contributed by atoms with van der Waals surface area (Å²) in [6, 6.07) is 0. The summed E-state index contributed by atoms with van der Waals surface area (Å²) in [5, 5.41) is 1.85. The van der Waals surface area contributed by atoms with Crippen molar-refractivity contribution >= 4 is 0 Å². The smallest absolute Gasteiger partial charge is 0.0312 e. The van der Waals surface area contributed by atoms with Crippen LogP contribution in [0.1, 0.15) is 20.3 Å². The van der Waals surface area contributed by atoms with Crippen LogP contribution in [-0.4, -0.2) is 18.1 Å². The van der Waals surface area contributed by atoms with Gasteiger partial charge < -0.3 is 0 Å². The van der Waals surface area contributed by atoms with E-state index < -0.39 is 0 Å². The summed E-state index contributed by atoms with van der Waals surface area (Å²) in [6.07, 6.45) is 3.39. The van der Waals surface area contributed by atoms with Crippen LogP contribution >= 0.6 is 0 Å². The maximum absolute atomic E-state index is 5.59. The Morgan fingerprint density at radius 1 is 1.60 bits per heavy atom. The molecule has 2 heteroatoms. The second kappa shape index (κ2) is 3.17. The molecule has 0 bridgehead atoms. The number of nitrogens with zero attached hydrogens (tertiary/aromatic N) is 1. The van der Waals surface area contributed by atoms with Gasteiger partial charge in [0.25, 0.3) is 0 Å². The van der Waals surface area contributed by atoms with E-state index in [1.54, 1.807) is 5.57 Å². The van der Waals surface area contributed by atoms with Gasteiger partial charge in [0, 0.05) is 13.1 Å². The molecule has 10 heavy (non-hydrogen) atoms. The number of hydrogen-bond acceptors (Lipinski definition) is 2. The highest BCUT2D eigenvalue weighted by atomic mass is 15.4. The van der Waals surface area contributed by atoms with Crippen molar-refractivity contribution in [3.05, 3.63) is 11.6 Å². The summed E-state index contributed by atoms with van der Waals surface area (Å²) in [6.45, 7) is 6.41. The first-order valence-electron chi connectivity index (χ1n) is 3.88. The third kappa shape index (κ3) is 1.82. The molecule has 2 N–H and O–H groups in total. The standard InChI is InChI=1S/C8H16N2/c1-7(2)8-3-5-10(9)6-4-8/h3,7H,4-6,9H2,1-2H3. The summed E-state index contributed by atoms with van der Waals surface area (Å²) in [7, 11) is 0. The minimum absolute atomic E-state index is 0.702. The fourth-order valence-electron chi connectivity index (χ4n) is 1.22. The number of hydrazine groups is 1. The van der Waals surface area contributed by atoms with Gasteiger partial charge in [-0.15, -0.1) is 0 Å². The largest absolute Gasteiger partial charge is 0.268 e. The number of hydrogen-bond donors (Lipinski definition) is 1. The fraction of sp³-hybridized carbons (Fsp3) is 0.750. The van der Waals surface area contributed by atoms with Gasteiger partial charge in [-0.3, -0.25) is 5.84 Å². The van der Waals surface area contributed by atoms with Crippen LogP contribution in [0.5, 0.6) is 0 Å². The molecule has 58 valence electrons. The summed E-state index contributed by atoms with van der Waals surface area (Å²) < 4.78 is 0. The molecule has 0 spiro atoms. The van der Waals surface area contributed by atoms with Crippen molar-refractivity contribution < 1.29 is 0 Å². The molecule has 1 rings (SSSR count). The van der Waals surface area contributed by atoms with Crippen LogP contribution in [-0.2, 0) is 0 Å². The van der Waals surface area contributed by atoms with Gasteiger partial charge in [0.1, 0.15) is 0 Å². The Bertz CT molecular complexity index is 138. The third-order valence-electron chi connectivity index (χ3n) is 2.02. The van der Waals surface area contributed by atoms with Crippen LogP contribution in [0.3, 0.4) is 0 Å². The highest BCUT2D eigenvalue weighted by molar-refractivity contribution is 5.08. The van der Waals surface area contributed by atoms with Crippen molar-refractivity contribution in [3.8, 4) is 0 Å². The minimum Gasteiger partial charge on any atom is -0.268 e. The van der Waals surface area contributed by atoms with Gasteiger partial charge in [0.05, 0.1) is 0 Å². The molecule has 0 aromatic carbocycles. The van der Waals surface area contributed by atoms with Gasteiger partial charge in [-0.05, 0) is 12.3 Å². The molecule has 1 aliphatic rings. The average molecular weight is 140 g/mol. The molecule has 0 aromatic rings. The monoisotopic (exact) mass is 140 g/mol. The van der Waals surface area contributed by atoms with Crippen LogP contribution in [0.25, 0.3) is 0 Å². The Morgan fingerprint density at radius 3 is 2.70 bits per heavy atom. The van der Waals surface area contributed by atoms with Gasteiger partial charge in [0.15, 0.2) is 0 Å². The Kier molecular flexibility index (Phi) is 2.46. The first-order valence-corrected chi connectivity index (χ1v) is 3.88. The molecule has 0 saturated heterocycles. The lowest BCUT2D eigenvalue weighted by Gasteiger charge is -2.23. The lowest BCUT2D eigenvalue weighted by atomic mass is 9.98. The molecule has 0 aromatic heterocycles. The van der Waals surface area contributed by atoms with Gasteiger partial charge in [0.2, 0.25) is 0 Å². The number of rotatable bonds is 1. The second-order valence-electron chi connectivity index (χ2n) is 3.18. The zero-order chi connectivity index (χ0) is 7.56. The van der Waals surface area contributed by atoms with E-state index in [-0.39, 0.29) is 0 Å². The van der Waals surface area contributed by atoms with Crippen LogP contribution in [0, 0.1) is 5.92 Å². The SMILES string of the molecule is CC(C)C1=CCN(N)CC1. The summed E-state index contributed by atoms with van der Waals surface area (Å²) >= 11 is 0. The zero-order valence-corrected chi connectivity index (χ0v) is 6.80.